The molecule has 2 aliphatic rings. The van der Waals surface area contributed by atoms with Crippen molar-refractivity contribution in [3.8, 4) is 11.5 Å². The van der Waals surface area contributed by atoms with Crippen LogP contribution in [0.1, 0.15) is 49.1 Å². The predicted octanol–water partition coefficient (Wildman–Crippen LogP) is 7.51. The summed E-state index contributed by atoms with van der Waals surface area (Å²) in [5.74, 6) is 1.74. The summed E-state index contributed by atoms with van der Waals surface area (Å²) in [6.07, 6.45) is 0.112. The third-order valence-electron chi connectivity index (χ3n) is 9.26. The molecule has 7 nitrogen and oxygen atoms in total. The normalized spacial score (nSPS) is 18.6. The molecule has 1 fully saturated rings. The average molecular weight is 620 g/mol. The molecular formula is C39H45N3O4. The molecule has 1 amide bonds. The van der Waals surface area contributed by atoms with Crippen LogP contribution in [0, 0.1) is 5.41 Å². The van der Waals surface area contributed by atoms with Crippen molar-refractivity contribution < 1.29 is 19.4 Å². The fraction of sp³-hybridized carbons (Fsp3) is 0.359. The Morgan fingerprint density at radius 1 is 0.826 bits per heavy atom. The van der Waals surface area contributed by atoms with Crippen LogP contribution in [0.4, 0.5) is 10.5 Å². The maximum atomic E-state index is 11.8. The summed E-state index contributed by atoms with van der Waals surface area (Å²) in [6.45, 7) is 11.1. The van der Waals surface area contributed by atoms with Crippen molar-refractivity contribution in [1.82, 2.24) is 9.80 Å². The summed E-state index contributed by atoms with van der Waals surface area (Å²) in [7, 11) is 0. The van der Waals surface area contributed by atoms with Crippen LogP contribution in [0.3, 0.4) is 0 Å². The molecule has 1 saturated heterocycles. The van der Waals surface area contributed by atoms with E-state index in [1.54, 1.807) is 4.90 Å². The fourth-order valence-corrected chi connectivity index (χ4v) is 6.74. The van der Waals surface area contributed by atoms with Gasteiger partial charge in [-0.15, -0.1) is 0 Å². The highest BCUT2D eigenvalue weighted by molar-refractivity contribution is 5.65. The van der Waals surface area contributed by atoms with Crippen molar-refractivity contribution >= 4 is 11.8 Å². The first kappa shape index (κ1) is 31.5. The number of amides is 1. The number of ether oxygens (including phenoxy) is 2. The highest BCUT2D eigenvalue weighted by Crippen LogP contribution is 2.40. The third kappa shape index (κ3) is 7.31. The third-order valence-corrected chi connectivity index (χ3v) is 9.26. The number of piperazine rings is 1. The van der Waals surface area contributed by atoms with Crippen molar-refractivity contribution in [2.45, 2.75) is 45.9 Å². The van der Waals surface area contributed by atoms with Gasteiger partial charge in [-0.2, -0.15) is 0 Å². The molecule has 0 aliphatic carbocycles. The van der Waals surface area contributed by atoms with E-state index in [0.29, 0.717) is 26.3 Å². The van der Waals surface area contributed by atoms with Gasteiger partial charge >= 0.3 is 6.09 Å². The number of fused-ring (bicyclic) bond motifs is 1. The monoisotopic (exact) mass is 619 g/mol. The molecule has 0 radical (unpaired) electrons. The van der Waals surface area contributed by atoms with Crippen LogP contribution in [0.15, 0.2) is 103 Å². The summed E-state index contributed by atoms with van der Waals surface area (Å²) in [5.41, 5.74) is 6.07. The first-order valence-corrected chi connectivity index (χ1v) is 16.3. The van der Waals surface area contributed by atoms with Gasteiger partial charge < -0.3 is 24.4 Å². The molecule has 1 N–H and O–H groups in total. The number of benzene rings is 4. The van der Waals surface area contributed by atoms with Crippen molar-refractivity contribution in [1.29, 1.82) is 0 Å². The minimum absolute atomic E-state index is 0.0459. The molecular weight excluding hydrogens is 574 g/mol. The Morgan fingerprint density at radius 3 is 2.22 bits per heavy atom. The van der Waals surface area contributed by atoms with Crippen LogP contribution < -0.4 is 14.4 Å². The van der Waals surface area contributed by atoms with Crippen LogP contribution in [-0.4, -0.2) is 66.4 Å². The standard InChI is InChI=1S/C39H45N3O4/c1-39(2,3)36-27-40(22-23-42(36)38(43)44)24-25-45-33-16-14-30(15-17-33)37-35-19-18-34(46-28-29-10-6-4-7-11-29)26-31(35)20-21-41(37)32-12-8-5-9-13-32/h4-19,26,36-37H,20-25,27-28H2,1-3H3,(H,43,44). The van der Waals surface area contributed by atoms with E-state index in [4.69, 9.17) is 9.47 Å². The lowest BCUT2D eigenvalue weighted by Gasteiger charge is -2.45. The molecule has 0 aromatic heterocycles. The van der Waals surface area contributed by atoms with Crippen LogP contribution in [0.5, 0.6) is 11.5 Å². The van der Waals surface area contributed by atoms with Gasteiger partial charge in [-0.1, -0.05) is 87.5 Å². The molecule has 0 bridgehead atoms. The Balaban J connectivity index is 1.14. The molecule has 6 rings (SSSR count). The van der Waals surface area contributed by atoms with Crippen LogP contribution in [0.2, 0.25) is 0 Å². The zero-order valence-electron chi connectivity index (χ0n) is 27.1. The van der Waals surface area contributed by atoms with Gasteiger partial charge in [0.1, 0.15) is 24.7 Å². The van der Waals surface area contributed by atoms with Gasteiger partial charge in [0.2, 0.25) is 0 Å². The summed E-state index contributed by atoms with van der Waals surface area (Å²) in [6, 6.07) is 36.0. The second-order valence-corrected chi connectivity index (χ2v) is 13.4. The lowest BCUT2D eigenvalue weighted by atomic mass is 9.84. The number of carboxylic acid groups (broad SMARTS) is 1. The summed E-state index contributed by atoms with van der Waals surface area (Å²) < 4.78 is 12.4. The second kappa shape index (κ2) is 13.9. The SMILES string of the molecule is CC(C)(C)C1CN(CCOc2ccc(C3c4ccc(OCc5ccccc5)cc4CCN3c3ccccc3)cc2)CCN1C(=O)O. The number of hydrogen-bond donors (Lipinski definition) is 1. The quantitative estimate of drug-likeness (QED) is 0.209. The van der Waals surface area contributed by atoms with Gasteiger partial charge in [0.15, 0.2) is 0 Å². The molecule has 0 spiro atoms. The van der Waals surface area contributed by atoms with E-state index in [1.807, 2.05) is 18.2 Å². The van der Waals surface area contributed by atoms with Crippen LogP contribution in [0.25, 0.3) is 0 Å². The topological polar surface area (TPSA) is 65.5 Å². The molecule has 2 unspecified atom stereocenters. The van der Waals surface area contributed by atoms with Gasteiger partial charge in [0.05, 0.1) is 12.1 Å². The number of anilines is 1. The summed E-state index contributed by atoms with van der Waals surface area (Å²) in [4.78, 5) is 18.2. The summed E-state index contributed by atoms with van der Waals surface area (Å²) in [5, 5.41) is 9.68. The predicted molar refractivity (Wildman–Crippen MR) is 183 cm³/mol. The molecule has 2 heterocycles. The molecule has 0 saturated carbocycles. The van der Waals surface area contributed by atoms with E-state index in [-0.39, 0.29) is 17.5 Å². The highest BCUT2D eigenvalue weighted by atomic mass is 16.5. The number of nitrogens with zero attached hydrogens (tertiary/aromatic N) is 3. The van der Waals surface area contributed by atoms with Gasteiger partial charge in [-0.25, -0.2) is 4.79 Å². The minimum Gasteiger partial charge on any atom is -0.492 e. The van der Waals surface area contributed by atoms with Crippen molar-refractivity contribution in [2.75, 3.05) is 44.2 Å². The van der Waals surface area contributed by atoms with Gasteiger partial charge in [0.25, 0.3) is 0 Å². The van der Waals surface area contributed by atoms with Gasteiger partial charge in [-0.05, 0) is 70.5 Å². The second-order valence-electron chi connectivity index (χ2n) is 13.4. The molecule has 4 aromatic rings. The van der Waals surface area contributed by atoms with E-state index in [0.717, 1.165) is 43.1 Å². The lowest BCUT2D eigenvalue weighted by molar-refractivity contribution is 0.0179. The smallest absolute Gasteiger partial charge is 0.407 e. The van der Waals surface area contributed by atoms with E-state index < -0.39 is 6.09 Å². The largest absolute Gasteiger partial charge is 0.492 e. The van der Waals surface area contributed by atoms with E-state index in [9.17, 15) is 9.90 Å². The zero-order valence-corrected chi connectivity index (χ0v) is 27.1. The van der Waals surface area contributed by atoms with Crippen LogP contribution in [-0.2, 0) is 13.0 Å². The maximum absolute atomic E-state index is 11.8. The minimum atomic E-state index is -0.834. The maximum Gasteiger partial charge on any atom is 0.407 e. The first-order valence-electron chi connectivity index (χ1n) is 16.3. The Morgan fingerprint density at radius 2 is 1.52 bits per heavy atom. The van der Waals surface area contributed by atoms with Crippen molar-refractivity contribution in [3.05, 3.63) is 125 Å². The average Bonchev–Trinajstić information content (AvgIpc) is 3.07. The summed E-state index contributed by atoms with van der Waals surface area (Å²) >= 11 is 0. The Labute approximate surface area is 273 Å². The molecule has 2 aliphatic heterocycles. The zero-order chi connectivity index (χ0) is 32.1. The molecule has 240 valence electrons. The fourth-order valence-electron chi connectivity index (χ4n) is 6.74. The van der Waals surface area contributed by atoms with E-state index in [1.165, 1.54) is 22.4 Å². The van der Waals surface area contributed by atoms with Crippen LogP contribution >= 0.6 is 0 Å². The molecule has 7 heteroatoms. The molecule has 4 aromatic carbocycles. The number of carbonyl (C=O) groups is 1. The van der Waals surface area contributed by atoms with Gasteiger partial charge in [-0.3, -0.25) is 4.90 Å². The Bertz CT molecular complexity index is 1590. The molecule has 2 atom stereocenters. The first-order chi connectivity index (χ1) is 22.3. The van der Waals surface area contributed by atoms with E-state index >= 15 is 0 Å². The highest BCUT2D eigenvalue weighted by Gasteiger charge is 2.38. The Hall–Kier alpha value is -4.49. The van der Waals surface area contributed by atoms with Crippen molar-refractivity contribution in [3.63, 3.8) is 0 Å². The number of hydrogen-bond acceptors (Lipinski definition) is 5. The number of rotatable bonds is 9. The van der Waals surface area contributed by atoms with Gasteiger partial charge in [0, 0.05) is 38.4 Å². The number of para-hydroxylation sites is 1. The molecule has 46 heavy (non-hydrogen) atoms. The van der Waals surface area contributed by atoms with E-state index in [2.05, 4.69) is 116 Å². The van der Waals surface area contributed by atoms with Crippen molar-refractivity contribution in [2.24, 2.45) is 5.41 Å². The lowest BCUT2D eigenvalue weighted by Crippen LogP contribution is -2.59. The Kier molecular flexibility index (Phi) is 9.50.